The maximum atomic E-state index is 5.28. The Labute approximate surface area is 90.4 Å². The van der Waals surface area contributed by atoms with Crippen molar-refractivity contribution in [2.75, 3.05) is 6.54 Å². The Morgan fingerprint density at radius 3 is 2.67 bits per heavy atom. The van der Waals surface area contributed by atoms with Gasteiger partial charge in [0.1, 0.15) is 0 Å². The molecule has 0 saturated carbocycles. The van der Waals surface area contributed by atoms with Gasteiger partial charge in [0.2, 0.25) is 5.89 Å². The van der Waals surface area contributed by atoms with Crippen LogP contribution < -0.4 is 5.32 Å². The molecule has 1 aliphatic heterocycles. The van der Waals surface area contributed by atoms with Gasteiger partial charge in [0.05, 0.1) is 6.04 Å². The van der Waals surface area contributed by atoms with E-state index in [2.05, 4.69) is 36.2 Å². The Morgan fingerprint density at radius 1 is 1.33 bits per heavy atom. The molecular weight excluding hydrogens is 190 g/mol. The average Bonchev–Trinajstić information content (AvgIpc) is 2.67. The molecule has 1 aromatic heterocycles. The first-order chi connectivity index (χ1) is 7.07. The fraction of sp³-hybridized carbons (Fsp3) is 0.818. The maximum absolute atomic E-state index is 5.28. The van der Waals surface area contributed by atoms with Crippen molar-refractivity contribution in [1.82, 2.24) is 15.5 Å². The summed E-state index contributed by atoms with van der Waals surface area (Å²) < 4.78 is 5.28. The number of hydrogen-bond donors (Lipinski definition) is 1. The van der Waals surface area contributed by atoms with Gasteiger partial charge in [0.15, 0.2) is 5.82 Å². The van der Waals surface area contributed by atoms with E-state index in [9.17, 15) is 0 Å². The van der Waals surface area contributed by atoms with E-state index in [1.807, 2.05) is 0 Å². The molecule has 0 bridgehead atoms. The van der Waals surface area contributed by atoms with Gasteiger partial charge in [-0.05, 0) is 19.4 Å². The minimum Gasteiger partial charge on any atom is -0.339 e. The summed E-state index contributed by atoms with van der Waals surface area (Å²) in [7, 11) is 0. The molecule has 1 saturated heterocycles. The van der Waals surface area contributed by atoms with Crippen LogP contribution >= 0.6 is 0 Å². The molecule has 1 fully saturated rings. The minimum absolute atomic E-state index is 0.0556. The first kappa shape index (κ1) is 10.6. The molecule has 15 heavy (non-hydrogen) atoms. The lowest BCUT2D eigenvalue weighted by atomic mass is 9.97. The molecule has 0 spiro atoms. The van der Waals surface area contributed by atoms with Crippen LogP contribution in [0.1, 0.15) is 57.8 Å². The van der Waals surface area contributed by atoms with Gasteiger partial charge in [-0.2, -0.15) is 4.98 Å². The minimum atomic E-state index is -0.0556. The van der Waals surface area contributed by atoms with Crippen LogP contribution in [0, 0.1) is 0 Å². The second-order valence-corrected chi connectivity index (χ2v) is 5.21. The summed E-state index contributed by atoms with van der Waals surface area (Å²) in [6.45, 7) is 7.31. The van der Waals surface area contributed by atoms with Gasteiger partial charge in [-0.15, -0.1) is 0 Å². The van der Waals surface area contributed by atoms with E-state index >= 15 is 0 Å². The van der Waals surface area contributed by atoms with Crippen LogP contribution in [0.15, 0.2) is 4.52 Å². The van der Waals surface area contributed by atoms with Crippen LogP contribution in [0.2, 0.25) is 0 Å². The third-order valence-electron chi connectivity index (χ3n) is 2.71. The second kappa shape index (κ2) is 3.93. The molecule has 1 N–H and O–H groups in total. The Bertz CT molecular complexity index is 321. The van der Waals surface area contributed by atoms with Crippen molar-refractivity contribution in [3.63, 3.8) is 0 Å². The molecule has 4 nitrogen and oxygen atoms in total. The Kier molecular flexibility index (Phi) is 2.78. The zero-order chi connectivity index (χ0) is 10.9. The van der Waals surface area contributed by atoms with Crippen molar-refractivity contribution >= 4 is 0 Å². The van der Waals surface area contributed by atoms with Gasteiger partial charge >= 0.3 is 0 Å². The lowest BCUT2D eigenvalue weighted by molar-refractivity contribution is 0.311. The molecule has 4 heteroatoms. The molecule has 0 radical (unpaired) electrons. The van der Waals surface area contributed by atoms with Crippen LogP contribution in [-0.2, 0) is 5.41 Å². The summed E-state index contributed by atoms with van der Waals surface area (Å²) in [4.78, 5) is 4.46. The first-order valence-corrected chi connectivity index (χ1v) is 5.65. The molecule has 2 rings (SSSR count). The number of piperidine rings is 1. The van der Waals surface area contributed by atoms with Crippen LogP contribution in [0.4, 0.5) is 0 Å². The van der Waals surface area contributed by atoms with Gasteiger partial charge in [0.25, 0.3) is 0 Å². The third kappa shape index (κ3) is 2.37. The SMILES string of the molecule is CC(C)(C)c1nc([C@@H]2CCCCN2)no1. The molecule has 0 aliphatic carbocycles. The van der Waals surface area contributed by atoms with Gasteiger partial charge in [-0.1, -0.05) is 32.3 Å². The summed E-state index contributed by atoms with van der Waals surface area (Å²) in [5.41, 5.74) is -0.0556. The van der Waals surface area contributed by atoms with Crippen molar-refractivity contribution in [1.29, 1.82) is 0 Å². The first-order valence-electron chi connectivity index (χ1n) is 5.65. The largest absolute Gasteiger partial charge is 0.339 e. The molecule has 1 aromatic rings. The quantitative estimate of drug-likeness (QED) is 0.770. The van der Waals surface area contributed by atoms with Crippen molar-refractivity contribution in [3.05, 3.63) is 11.7 Å². The van der Waals surface area contributed by atoms with Crippen molar-refractivity contribution in [2.24, 2.45) is 0 Å². The Hall–Kier alpha value is -0.900. The highest BCUT2D eigenvalue weighted by molar-refractivity contribution is 5.02. The molecule has 0 amide bonds. The standard InChI is InChI=1S/C11H19N3O/c1-11(2,3)10-13-9(14-15-10)8-6-4-5-7-12-8/h8,12H,4-7H2,1-3H3/t8-/m0/s1. The number of nitrogens with one attached hydrogen (secondary N) is 1. The maximum Gasteiger partial charge on any atom is 0.232 e. The monoisotopic (exact) mass is 209 g/mol. The van der Waals surface area contributed by atoms with Crippen LogP contribution in [0.25, 0.3) is 0 Å². The zero-order valence-electron chi connectivity index (χ0n) is 9.71. The number of rotatable bonds is 1. The topological polar surface area (TPSA) is 51.0 Å². The van der Waals surface area contributed by atoms with E-state index in [0.29, 0.717) is 6.04 Å². The number of aromatic nitrogens is 2. The summed E-state index contributed by atoms with van der Waals surface area (Å²) in [6.07, 6.45) is 3.61. The van der Waals surface area contributed by atoms with Gasteiger partial charge in [-0.3, -0.25) is 0 Å². The van der Waals surface area contributed by atoms with Crippen LogP contribution in [0.3, 0.4) is 0 Å². The molecular formula is C11H19N3O. The van der Waals surface area contributed by atoms with Gasteiger partial charge in [-0.25, -0.2) is 0 Å². The fourth-order valence-corrected chi connectivity index (χ4v) is 1.75. The van der Waals surface area contributed by atoms with E-state index in [1.54, 1.807) is 0 Å². The van der Waals surface area contributed by atoms with Gasteiger partial charge < -0.3 is 9.84 Å². The summed E-state index contributed by atoms with van der Waals surface area (Å²) >= 11 is 0. The summed E-state index contributed by atoms with van der Waals surface area (Å²) in [5.74, 6) is 1.55. The molecule has 1 aliphatic rings. The third-order valence-corrected chi connectivity index (χ3v) is 2.71. The highest BCUT2D eigenvalue weighted by atomic mass is 16.5. The normalized spacial score (nSPS) is 23.0. The average molecular weight is 209 g/mol. The van der Waals surface area contributed by atoms with Gasteiger partial charge in [0, 0.05) is 5.41 Å². The molecule has 84 valence electrons. The summed E-state index contributed by atoms with van der Waals surface area (Å²) in [5, 5.41) is 7.47. The molecule has 0 aromatic carbocycles. The number of hydrogen-bond acceptors (Lipinski definition) is 4. The lowest BCUT2D eigenvalue weighted by Crippen LogP contribution is -2.27. The van der Waals surface area contributed by atoms with Crippen LogP contribution in [-0.4, -0.2) is 16.7 Å². The smallest absolute Gasteiger partial charge is 0.232 e. The van der Waals surface area contributed by atoms with E-state index in [4.69, 9.17) is 4.52 Å². The van der Waals surface area contributed by atoms with Crippen LogP contribution in [0.5, 0.6) is 0 Å². The fourth-order valence-electron chi connectivity index (χ4n) is 1.75. The van der Waals surface area contributed by atoms with Crippen molar-refractivity contribution in [3.8, 4) is 0 Å². The zero-order valence-corrected chi connectivity index (χ0v) is 9.71. The predicted octanol–water partition coefficient (Wildman–Crippen LogP) is 2.18. The molecule has 1 atom stereocenters. The van der Waals surface area contributed by atoms with E-state index < -0.39 is 0 Å². The van der Waals surface area contributed by atoms with E-state index in [-0.39, 0.29) is 5.41 Å². The van der Waals surface area contributed by atoms with E-state index in [1.165, 1.54) is 12.8 Å². The lowest BCUT2D eigenvalue weighted by Gasteiger charge is -2.20. The molecule has 2 heterocycles. The molecule has 0 unspecified atom stereocenters. The Balaban J connectivity index is 2.12. The van der Waals surface area contributed by atoms with Crippen molar-refractivity contribution < 1.29 is 4.52 Å². The summed E-state index contributed by atoms with van der Waals surface area (Å²) in [6, 6.07) is 0.290. The van der Waals surface area contributed by atoms with E-state index in [0.717, 1.165) is 24.7 Å². The Morgan fingerprint density at radius 2 is 2.13 bits per heavy atom. The number of nitrogens with zero attached hydrogens (tertiary/aromatic N) is 2. The predicted molar refractivity (Wildman–Crippen MR) is 57.6 cm³/mol. The highest BCUT2D eigenvalue weighted by Gasteiger charge is 2.25. The van der Waals surface area contributed by atoms with Crippen molar-refractivity contribution in [2.45, 2.75) is 51.5 Å². The second-order valence-electron chi connectivity index (χ2n) is 5.21. The highest BCUT2D eigenvalue weighted by Crippen LogP contribution is 2.24.